The Morgan fingerprint density at radius 1 is 1.25 bits per heavy atom. The molecule has 0 aliphatic carbocycles. The molecular weight excluding hydrogens is 272 g/mol. The molecule has 0 aliphatic heterocycles. The van der Waals surface area contributed by atoms with Crippen molar-refractivity contribution in [3.63, 3.8) is 0 Å². The monoisotopic (exact) mass is 288 g/mol. The van der Waals surface area contributed by atoms with E-state index >= 15 is 0 Å². The third-order valence-corrected chi connectivity index (χ3v) is 3.03. The minimum Gasteiger partial charge on any atom is -0.299 e. The molecule has 1 aromatic heterocycles. The first kappa shape index (κ1) is 13.2. The summed E-state index contributed by atoms with van der Waals surface area (Å²) in [6, 6.07) is 0. The van der Waals surface area contributed by atoms with E-state index in [2.05, 4.69) is 27.8 Å². The molecule has 1 aromatic rings. The van der Waals surface area contributed by atoms with Gasteiger partial charge < -0.3 is 0 Å². The average molecular weight is 289 g/mol. The summed E-state index contributed by atoms with van der Waals surface area (Å²) in [7, 11) is 0. The van der Waals surface area contributed by atoms with Gasteiger partial charge in [0.05, 0.1) is 4.47 Å². The Balaban J connectivity index is 2.51. The van der Waals surface area contributed by atoms with Gasteiger partial charge in [0.1, 0.15) is 0 Å². The number of aromatic amines is 1. The molecule has 1 rings (SSSR count). The summed E-state index contributed by atoms with van der Waals surface area (Å²) in [6.45, 7) is 2.83. The highest BCUT2D eigenvalue weighted by Gasteiger charge is 2.01. The number of aromatic nitrogens is 2. The van der Waals surface area contributed by atoms with Crippen LogP contribution in [-0.2, 0) is 6.54 Å². The number of rotatable bonds is 6. The number of nitrogens with zero attached hydrogens (tertiary/aromatic N) is 1. The molecule has 0 amide bonds. The first-order chi connectivity index (χ1) is 7.65. The van der Waals surface area contributed by atoms with Gasteiger partial charge in [-0.2, -0.15) is 0 Å². The average Bonchev–Trinajstić information content (AvgIpc) is 2.25. The molecule has 0 unspecified atom stereocenters. The van der Waals surface area contributed by atoms with Gasteiger partial charge in [-0.1, -0.05) is 32.6 Å². The number of unbranched alkanes of at least 4 members (excludes halogenated alkanes) is 4. The van der Waals surface area contributed by atoms with E-state index < -0.39 is 0 Å². The van der Waals surface area contributed by atoms with Gasteiger partial charge in [0, 0.05) is 12.7 Å². The molecule has 0 spiro atoms. The van der Waals surface area contributed by atoms with Crippen molar-refractivity contribution in [2.45, 2.75) is 45.6 Å². The van der Waals surface area contributed by atoms with Crippen LogP contribution in [0.4, 0.5) is 0 Å². The molecule has 0 aromatic carbocycles. The first-order valence-corrected chi connectivity index (χ1v) is 6.43. The van der Waals surface area contributed by atoms with Crippen LogP contribution in [0.2, 0.25) is 0 Å². The fraction of sp³-hybridized carbons (Fsp3) is 0.636. The molecule has 0 fully saturated rings. The molecule has 90 valence electrons. The first-order valence-electron chi connectivity index (χ1n) is 5.64. The number of halogens is 1. The second kappa shape index (κ2) is 6.68. The highest BCUT2D eigenvalue weighted by molar-refractivity contribution is 9.10. The van der Waals surface area contributed by atoms with Gasteiger partial charge >= 0.3 is 5.69 Å². The van der Waals surface area contributed by atoms with Crippen molar-refractivity contribution in [1.82, 2.24) is 9.55 Å². The molecule has 0 saturated carbocycles. The minimum absolute atomic E-state index is 0.330. The fourth-order valence-electron chi connectivity index (χ4n) is 1.53. The van der Waals surface area contributed by atoms with E-state index in [-0.39, 0.29) is 11.2 Å². The van der Waals surface area contributed by atoms with Crippen LogP contribution in [0.3, 0.4) is 0 Å². The lowest BCUT2D eigenvalue weighted by Crippen LogP contribution is -2.29. The quantitative estimate of drug-likeness (QED) is 0.817. The van der Waals surface area contributed by atoms with E-state index in [0.717, 1.165) is 12.8 Å². The van der Waals surface area contributed by atoms with Crippen LogP contribution >= 0.6 is 15.9 Å². The lowest BCUT2D eigenvalue weighted by atomic mass is 10.1. The second-order valence-corrected chi connectivity index (χ2v) is 4.70. The summed E-state index contributed by atoms with van der Waals surface area (Å²) < 4.78 is 1.94. The highest BCUT2D eigenvalue weighted by atomic mass is 79.9. The van der Waals surface area contributed by atoms with Crippen molar-refractivity contribution < 1.29 is 0 Å². The molecule has 1 heterocycles. The maximum absolute atomic E-state index is 11.4. The van der Waals surface area contributed by atoms with Crippen molar-refractivity contribution in [3.8, 4) is 0 Å². The van der Waals surface area contributed by atoms with Crippen LogP contribution < -0.4 is 11.2 Å². The van der Waals surface area contributed by atoms with Gasteiger partial charge in [0.25, 0.3) is 5.56 Å². The van der Waals surface area contributed by atoms with Crippen LogP contribution in [0.25, 0.3) is 0 Å². The summed E-state index contributed by atoms with van der Waals surface area (Å²) in [6.07, 6.45) is 7.31. The topological polar surface area (TPSA) is 54.9 Å². The van der Waals surface area contributed by atoms with Crippen molar-refractivity contribution in [3.05, 3.63) is 31.5 Å². The Kier molecular flexibility index (Phi) is 5.52. The lowest BCUT2D eigenvalue weighted by molar-refractivity contribution is 0.548. The standard InChI is InChI=1S/C11H17BrN2O2/c1-2-3-4-5-6-7-14-8-9(12)10(15)13-11(14)16/h8H,2-7H2,1H3,(H,13,15,16). The van der Waals surface area contributed by atoms with Gasteiger partial charge in [-0.3, -0.25) is 14.3 Å². The molecule has 4 nitrogen and oxygen atoms in total. The summed E-state index contributed by atoms with van der Waals surface area (Å²) in [5.41, 5.74) is -0.698. The largest absolute Gasteiger partial charge is 0.328 e. The van der Waals surface area contributed by atoms with Crippen molar-refractivity contribution in [2.75, 3.05) is 0 Å². The number of aryl methyl sites for hydroxylation is 1. The summed E-state index contributed by atoms with van der Waals surface area (Å²) in [5.74, 6) is 0. The van der Waals surface area contributed by atoms with E-state index in [4.69, 9.17) is 0 Å². The van der Waals surface area contributed by atoms with Crippen molar-refractivity contribution in [2.24, 2.45) is 0 Å². The van der Waals surface area contributed by atoms with E-state index in [9.17, 15) is 9.59 Å². The molecule has 0 radical (unpaired) electrons. The number of nitrogens with one attached hydrogen (secondary N) is 1. The Labute approximate surface area is 103 Å². The smallest absolute Gasteiger partial charge is 0.299 e. The summed E-state index contributed by atoms with van der Waals surface area (Å²) in [4.78, 5) is 24.8. The Morgan fingerprint density at radius 3 is 2.62 bits per heavy atom. The van der Waals surface area contributed by atoms with Crippen LogP contribution in [0, 0.1) is 0 Å². The predicted molar refractivity (Wildman–Crippen MR) is 67.8 cm³/mol. The molecular formula is C11H17BrN2O2. The zero-order valence-corrected chi connectivity index (χ0v) is 11.0. The minimum atomic E-state index is -0.368. The van der Waals surface area contributed by atoms with E-state index in [0.29, 0.717) is 11.0 Å². The Bertz CT molecular complexity index is 436. The maximum Gasteiger partial charge on any atom is 0.328 e. The van der Waals surface area contributed by atoms with Gasteiger partial charge in [0.2, 0.25) is 0 Å². The van der Waals surface area contributed by atoms with Gasteiger partial charge in [-0.25, -0.2) is 4.79 Å². The molecule has 0 saturated heterocycles. The molecule has 1 N–H and O–H groups in total. The zero-order valence-electron chi connectivity index (χ0n) is 9.46. The normalized spacial score (nSPS) is 10.6. The van der Waals surface area contributed by atoms with Gasteiger partial charge in [-0.15, -0.1) is 0 Å². The maximum atomic E-state index is 11.4. The van der Waals surface area contributed by atoms with Gasteiger partial charge in [0.15, 0.2) is 0 Å². The Morgan fingerprint density at radius 2 is 1.94 bits per heavy atom. The molecule has 16 heavy (non-hydrogen) atoms. The summed E-state index contributed by atoms with van der Waals surface area (Å²) >= 11 is 3.11. The fourth-order valence-corrected chi connectivity index (χ4v) is 1.88. The number of hydrogen-bond acceptors (Lipinski definition) is 2. The van der Waals surface area contributed by atoms with Crippen LogP contribution in [-0.4, -0.2) is 9.55 Å². The van der Waals surface area contributed by atoms with E-state index in [1.807, 2.05) is 0 Å². The second-order valence-electron chi connectivity index (χ2n) is 3.84. The lowest BCUT2D eigenvalue weighted by Gasteiger charge is -2.04. The highest BCUT2D eigenvalue weighted by Crippen LogP contribution is 2.04. The predicted octanol–water partition coefficient (Wildman–Crippen LogP) is 2.27. The van der Waals surface area contributed by atoms with E-state index in [1.54, 1.807) is 6.20 Å². The van der Waals surface area contributed by atoms with Gasteiger partial charge in [-0.05, 0) is 22.4 Å². The molecule has 0 bridgehead atoms. The number of H-pyrrole nitrogens is 1. The Hall–Kier alpha value is -0.840. The van der Waals surface area contributed by atoms with Crippen molar-refractivity contribution >= 4 is 15.9 Å². The third-order valence-electron chi connectivity index (χ3n) is 2.47. The summed E-state index contributed by atoms with van der Waals surface area (Å²) in [5, 5.41) is 0. The van der Waals surface area contributed by atoms with Crippen LogP contribution in [0.5, 0.6) is 0 Å². The van der Waals surface area contributed by atoms with Crippen molar-refractivity contribution in [1.29, 1.82) is 0 Å². The van der Waals surface area contributed by atoms with E-state index in [1.165, 1.54) is 23.8 Å². The third kappa shape index (κ3) is 3.96. The number of hydrogen-bond donors (Lipinski definition) is 1. The SMILES string of the molecule is CCCCCCCn1cc(Br)c(=O)[nH]c1=O. The molecule has 0 atom stereocenters. The zero-order chi connectivity index (χ0) is 12.0. The molecule has 0 aliphatic rings. The molecule has 5 heteroatoms. The van der Waals surface area contributed by atoms with Crippen LogP contribution in [0.15, 0.2) is 20.3 Å². The van der Waals surface area contributed by atoms with Crippen LogP contribution in [0.1, 0.15) is 39.0 Å².